The fourth-order valence-electron chi connectivity index (χ4n) is 0.468. The zero-order valence-corrected chi connectivity index (χ0v) is 8.01. The van der Waals surface area contributed by atoms with Crippen LogP contribution in [0.1, 0.15) is 0 Å². The van der Waals surface area contributed by atoms with E-state index in [2.05, 4.69) is 22.5 Å². The molecule has 0 atom stereocenters. The van der Waals surface area contributed by atoms with Gasteiger partial charge in [0.2, 0.25) is 0 Å². The van der Waals surface area contributed by atoms with Gasteiger partial charge in [-0.3, -0.25) is 0 Å². The number of likely N-dealkylation sites (N-methyl/N-ethyl adjacent to an activating group) is 1. The average molecular weight is 218 g/mol. The minimum atomic E-state index is 0.719. The molecule has 0 saturated heterocycles. The van der Waals surface area contributed by atoms with Crippen molar-refractivity contribution in [2.24, 2.45) is 11.6 Å². The maximum absolute atomic E-state index is 5.44. The highest BCUT2D eigenvalue weighted by atomic mass is 79.9. The van der Waals surface area contributed by atoms with E-state index in [0.29, 0.717) is 0 Å². The molecule has 0 aliphatic rings. The monoisotopic (exact) mass is 217 g/mol. The molecule has 0 rings (SSSR count). The molecular weight excluding hydrogens is 206 g/mol. The van der Waals surface area contributed by atoms with Crippen LogP contribution in [0.4, 0.5) is 0 Å². The molecule has 0 aliphatic heterocycles. The first-order valence-corrected chi connectivity index (χ1v) is 3.81. The normalized spacial score (nSPS) is 13.0. The summed E-state index contributed by atoms with van der Waals surface area (Å²) in [5.41, 5.74) is 6.01. The number of rotatable bonds is 3. The maximum atomic E-state index is 5.44. The molecule has 11 heavy (non-hydrogen) atoms. The van der Waals surface area contributed by atoms with Crippen LogP contribution in [0.2, 0.25) is 0 Å². The van der Waals surface area contributed by atoms with Gasteiger partial charge < -0.3 is 10.7 Å². The zero-order valence-electron chi connectivity index (χ0n) is 6.42. The van der Waals surface area contributed by atoms with Gasteiger partial charge in [-0.15, -0.1) is 0 Å². The van der Waals surface area contributed by atoms with E-state index in [1.54, 1.807) is 19.2 Å². The quantitative estimate of drug-likeness (QED) is 0.423. The Bertz CT molecular complexity index is 194. The summed E-state index contributed by atoms with van der Waals surface area (Å²) in [6.45, 7) is 3.56. The van der Waals surface area contributed by atoms with Crippen molar-refractivity contribution in [2.45, 2.75) is 0 Å². The molecule has 0 saturated carbocycles. The van der Waals surface area contributed by atoms with Gasteiger partial charge in [-0.05, 0) is 6.08 Å². The number of nitrogens with two attached hydrogens (primary N) is 2. The first-order chi connectivity index (χ1) is 5.11. The first kappa shape index (κ1) is 10.3. The Morgan fingerprint density at radius 3 is 2.45 bits per heavy atom. The molecule has 0 unspecified atom stereocenters. The largest absolute Gasteiger partial charge is 0.403 e. The summed E-state index contributed by atoms with van der Waals surface area (Å²) in [6, 6.07) is 0. The summed E-state index contributed by atoms with van der Waals surface area (Å²) in [7, 11) is 1.71. The van der Waals surface area contributed by atoms with Crippen molar-refractivity contribution in [3.05, 3.63) is 35.1 Å². The third-order valence-electron chi connectivity index (χ3n) is 1.06. The number of hydrogen-bond donors (Lipinski definition) is 2. The minimum Gasteiger partial charge on any atom is -0.403 e. The molecule has 0 heterocycles. The topological polar surface area (TPSA) is 55.3 Å². The van der Waals surface area contributed by atoms with Gasteiger partial charge in [0.15, 0.2) is 0 Å². The van der Waals surface area contributed by atoms with Gasteiger partial charge in [0, 0.05) is 17.7 Å². The van der Waals surface area contributed by atoms with Crippen LogP contribution in [0, 0.1) is 0 Å². The number of nitrogens with zero attached hydrogens (tertiary/aromatic N) is 1. The van der Waals surface area contributed by atoms with E-state index >= 15 is 0 Å². The molecular formula is C7H12BrN3. The highest BCUT2D eigenvalue weighted by Crippen LogP contribution is 2.09. The van der Waals surface area contributed by atoms with E-state index in [4.69, 9.17) is 11.6 Å². The van der Waals surface area contributed by atoms with Crippen LogP contribution >= 0.6 is 15.9 Å². The molecule has 62 valence electrons. The highest BCUT2D eigenvalue weighted by molar-refractivity contribution is 9.11. The van der Waals surface area contributed by atoms with Gasteiger partial charge in [-0.2, -0.15) is 0 Å². The summed E-state index contributed by atoms with van der Waals surface area (Å²) >= 11 is 3.25. The molecule has 0 aliphatic carbocycles. The van der Waals surface area contributed by atoms with Crippen LogP contribution in [0.25, 0.3) is 0 Å². The van der Waals surface area contributed by atoms with Crippen LogP contribution in [0.3, 0.4) is 0 Å². The van der Waals surface area contributed by atoms with Crippen LogP contribution in [0.15, 0.2) is 35.1 Å². The summed E-state index contributed by atoms with van der Waals surface area (Å²) in [4.78, 5) is 0. The minimum absolute atomic E-state index is 0.719. The average Bonchev–Trinajstić information content (AvgIpc) is 1.99. The predicted octanol–water partition coefficient (Wildman–Crippen LogP) is 1.06. The van der Waals surface area contributed by atoms with E-state index < -0.39 is 0 Å². The van der Waals surface area contributed by atoms with Gasteiger partial charge >= 0.3 is 0 Å². The maximum Gasteiger partial charge on any atom is 0.0679 e. The first-order valence-electron chi connectivity index (χ1n) is 3.01. The Balaban J connectivity index is 4.44. The molecule has 3 nitrogen and oxygen atoms in total. The van der Waals surface area contributed by atoms with Crippen molar-refractivity contribution < 1.29 is 0 Å². The summed E-state index contributed by atoms with van der Waals surface area (Å²) in [5.74, 6) is 5.44. The third-order valence-corrected chi connectivity index (χ3v) is 1.61. The van der Waals surface area contributed by atoms with Crippen molar-refractivity contribution in [1.82, 2.24) is 5.01 Å². The lowest BCUT2D eigenvalue weighted by atomic mass is 10.4. The van der Waals surface area contributed by atoms with E-state index in [1.807, 2.05) is 0 Å². The number of halogens is 1. The molecule has 0 aromatic rings. The highest BCUT2D eigenvalue weighted by Gasteiger charge is 1.94. The molecule has 4 heteroatoms. The Kier molecular flexibility index (Phi) is 4.65. The molecule has 0 bridgehead atoms. The molecule has 0 amide bonds. The van der Waals surface area contributed by atoms with Crippen LogP contribution in [-0.2, 0) is 0 Å². The van der Waals surface area contributed by atoms with Crippen LogP contribution in [-0.4, -0.2) is 12.1 Å². The van der Waals surface area contributed by atoms with Gasteiger partial charge in [0.05, 0.1) is 5.70 Å². The van der Waals surface area contributed by atoms with Gasteiger partial charge in [0.1, 0.15) is 0 Å². The summed E-state index contributed by atoms with van der Waals surface area (Å²) in [5, 5.41) is 1.42. The standard InChI is InChI=1S/C7H12BrN3/c1-3-6(8)4-7(5-9)11(2)10/h3-5H,1,9-10H2,2H3/b6-4+,7-5-. The number of allylic oxidation sites excluding steroid dienone is 3. The van der Waals surface area contributed by atoms with Crippen LogP contribution < -0.4 is 11.6 Å². The van der Waals surface area contributed by atoms with Crippen LogP contribution in [0.5, 0.6) is 0 Å². The molecule has 0 fully saturated rings. The summed E-state index contributed by atoms with van der Waals surface area (Å²) in [6.07, 6.45) is 4.85. The van der Waals surface area contributed by atoms with Gasteiger partial charge in [0.25, 0.3) is 0 Å². The van der Waals surface area contributed by atoms with E-state index in [0.717, 1.165) is 10.2 Å². The molecule has 0 aromatic heterocycles. The Morgan fingerprint density at radius 2 is 2.18 bits per heavy atom. The second-order valence-electron chi connectivity index (χ2n) is 1.94. The van der Waals surface area contributed by atoms with Gasteiger partial charge in [-0.1, -0.05) is 28.6 Å². The lowest BCUT2D eigenvalue weighted by Crippen LogP contribution is -2.24. The van der Waals surface area contributed by atoms with Crippen molar-refractivity contribution in [3.8, 4) is 0 Å². The van der Waals surface area contributed by atoms with Crippen molar-refractivity contribution >= 4 is 15.9 Å². The fourth-order valence-corrected chi connectivity index (χ4v) is 0.702. The number of hydrogen-bond acceptors (Lipinski definition) is 3. The third kappa shape index (κ3) is 3.85. The molecule has 0 aromatic carbocycles. The molecule has 4 N–H and O–H groups in total. The summed E-state index contributed by atoms with van der Waals surface area (Å²) < 4.78 is 0.839. The lowest BCUT2D eigenvalue weighted by Gasteiger charge is -2.11. The van der Waals surface area contributed by atoms with Crippen molar-refractivity contribution in [1.29, 1.82) is 0 Å². The predicted molar refractivity (Wildman–Crippen MR) is 51.4 cm³/mol. The fraction of sp³-hybridized carbons (Fsp3) is 0.143. The van der Waals surface area contributed by atoms with Crippen molar-refractivity contribution in [2.75, 3.05) is 7.05 Å². The van der Waals surface area contributed by atoms with E-state index in [1.165, 1.54) is 11.2 Å². The molecule has 0 radical (unpaired) electrons. The second-order valence-corrected chi connectivity index (χ2v) is 2.85. The SMILES string of the molecule is C=C/C(Br)=C\C(=C\N)N(C)N. The zero-order chi connectivity index (χ0) is 8.85. The number of hydrazine groups is 1. The Labute approximate surface area is 75.1 Å². The lowest BCUT2D eigenvalue weighted by molar-refractivity contribution is 0.454. The molecule has 0 spiro atoms. The van der Waals surface area contributed by atoms with Crippen molar-refractivity contribution in [3.63, 3.8) is 0 Å². The smallest absolute Gasteiger partial charge is 0.0679 e. The van der Waals surface area contributed by atoms with E-state index in [-0.39, 0.29) is 0 Å². The Hall–Kier alpha value is -0.740. The Morgan fingerprint density at radius 1 is 1.64 bits per heavy atom. The second kappa shape index (κ2) is 4.98. The van der Waals surface area contributed by atoms with Gasteiger partial charge in [-0.25, -0.2) is 5.84 Å². The van der Waals surface area contributed by atoms with E-state index in [9.17, 15) is 0 Å².